The number of hydrogen-bond donors (Lipinski definition) is 1. The van der Waals surface area contributed by atoms with Gasteiger partial charge in [-0.15, -0.1) is 10.2 Å². The van der Waals surface area contributed by atoms with E-state index in [1.807, 2.05) is 13.0 Å². The van der Waals surface area contributed by atoms with Crippen LogP contribution in [0.4, 0.5) is 5.69 Å². The number of ether oxygens (including phenoxy) is 1. The predicted molar refractivity (Wildman–Crippen MR) is 102 cm³/mol. The van der Waals surface area contributed by atoms with E-state index < -0.39 is 0 Å². The summed E-state index contributed by atoms with van der Waals surface area (Å²) in [6, 6.07) is 5.09. The summed E-state index contributed by atoms with van der Waals surface area (Å²) in [5, 5.41) is 11.4. The standard InChI is InChI=1S/C18H20BrN5O3/c1-11(18-22-21-15-4-2-3-7-23(15)18)20-16(25)9-24-13-6-5-12(19)8-14(13)27-10-17(24)26/h5-6,8,11H,2-4,7,9-10H2,1H3,(H,20,25)/t11-/m0/s1. The van der Waals surface area contributed by atoms with Crippen LogP contribution in [0, 0.1) is 0 Å². The molecule has 1 aromatic heterocycles. The predicted octanol–water partition coefficient (Wildman–Crippen LogP) is 1.98. The highest BCUT2D eigenvalue weighted by molar-refractivity contribution is 9.10. The fraction of sp³-hybridized carbons (Fsp3) is 0.444. The zero-order valence-electron chi connectivity index (χ0n) is 14.9. The number of anilines is 1. The molecule has 2 amide bonds. The minimum Gasteiger partial charge on any atom is -0.482 e. The molecule has 2 aliphatic rings. The number of benzene rings is 1. The SMILES string of the molecule is C[C@H](NC(=O)CN1C(=O)COc2cc(Br)ccc21)c1nnc2n1CCCC2. The van der Waals surface area contributed by atoms with E-state index in [0.717, 1.165) is 41.9 Å². The molecule has 0 saturated heterocycles. The molecule has 0 radical (unpaired) electrons. The Kier molecular flexibility index (Phi) is 4.86. The molecule has 1 atom stereocenters. The third-order valence-electron chi connectivity index (χ3n) is 4.82. The molecule has 0 bridgehead atoms. The average Bonchev–Trinajstić information content (AvgIpc) is 3.08. The van der Waals surface area contributed by atoms with Crippen LogP contribution < -0.4 is 15.0 Å². The monoisotopic (exact) mass is 433 g/mol. The van der Waals surface area contributed by atoms with Gasteiger partial charge < -0.3 is 14.6 Å². The van der Waals surface area contributed by atoms with Crippen LogP contribution in [0.25, 0.3) is 0 Å². The summed E-state index contributed by atoms with van der Waals surface area (Å²) < 4.78 is 8.39. The van der Waals surface area contributed by atoms with E-state index in [4.69, 9.17) is 4.74 Å². The zero-order chi connectivity index (χ0) is 19.0. The Bertz CT molecular complexity index is 897. The molecule has 0 spiro atoms. The Morgan fingerprint density at radius 1 is 1.37 bits per heavy atom. The van der Waals surface area contributed by atoms with Crippen molar-refractivity contribution in [3.05, 3.63) is 34.3 Å². The van der Waals surface area contributed by atoms with E-state index in [9.17, 15) is 9.59 Å². The number of nitrogens with one attached hydrogen (secondary N) is 1. The minimum absolute atomic E-state index is 0.0673. The molecule has 0 saturated carbocycles. The van der Waals surface area contributed by atoms with Gasteiger partial charge in [-0.1, -0.05) is 15.9 Å². The van der Waals surface area contributed by atoms with Crippen molar-refractivity contribution in [3.63, 3.8) is 0 Å². The van der Waals surface area contributed by atoms with Crippen molar-refractivity contribution in [2.45, 2.75) is 38.8 Å². The number of aryl methyl sites for hydroxylation is 1. The fourth-order valence-corrected chi connectivity index (χ4v) is 3.84. The van der Waals surface area contributed by atoms with Gasteiger partial charge in [0.2, 0.25) is 5.91 Å². The molecule has 4 rings (SSSR count). The second-order valence-electron chi connectivity index (χ2n) is 6.75. The number of carbonyl (C=O) groups is 2. The first-order valence-electron chi connectivity index (χ1n) is 8.97. The fourth-order valence-electron chi connectivity index (χ4n) is 3.50. The lowest BCUT2D eigenvalue weighted by atomic mass is 10.1. The van der Waals surface area contributed by atoms with Gasteiger partial charge in [-0.05, 0) is 38.0 Å². The van der Waals surface area contributed by atoms with Crippen LogP contribution in [0.3, 0.4) is 0 Å². The first kappa shape index (κ1) is 18.0. The van der Waals surface area contributed by atoms with Crippen LogP contribution in [0.2, 0.25) is 0 Å². The van der Waals surface area contributed by atoms with Gasteiger partial charge in [-0.25, -0.2) is 0 Å². The number of halogens is 1. The molecule has 142 valence electrons. The number of hydrogen-bond acceptors (Lipinski definition) is 5. The van der Waals surface area contributed by atoms with Gasteiger partial charge in [0.1, 0.15) is 18.1 Å². The lowest BCUT2D eigenvalue weighted by molar-refractivity contribution is -0.125. The van der Waals surface area contributed by atoms with Crippen LogP contribution in [-0.2, 0) is 22.6 Å². The van der Waals surface area contributed by atoms with Crippen molar-refractivity contribution in [1.29, 1.82) is 0 Å². The Morgan fingerprint density at radius 3 is 3.07 bits per heavy atom. The van der Waals surface area contributed by atoms with Gasteiger partial charge in [0.15, 0.2) is 12.4 Å². The summed E-state index contributed by atoms with van der Waals surface area (Å²) in [6.45, 7) is 2.62. The highest BCUT2D eigenvalue weighted by atomic mass is 79.9. The second-order valence-corrected chi connectivity index (χ2v) is 7.67. The number of carbonyl (C=O) groups excluding carboxylic acids is 2. The third kappa shape index (κ3) is 3.55. The maximum atomic E-state index is 12.6. The molecule has 0 fully saturated rings. The van der Waals surface area contributed by atoms with Gasteiger partial charge in [0.25, 0.3) is 5.91 Å². The van der Waals surface area contributed by atoms with Gasteiger partial charge in [-0.2, -0.15) is 0 Å². The van der Waals surface area contributed by atoms with E-state index in [0.29, 0.717) is 11.4 Å². The van der Waals surface area contributed by atoms with Gasteiger partial charge in [-0.3, -0.25) is 14.5 Å². The maximum absolute atomic E-state index is 12.6. The maximum Gasteiger partial charge on any atom is 0.265 e. The zero-order valence-corrected chi connectivity index (χ0v) is 16.5. The third-order valence-corrected chi connectivity index (χ3v) is 5.31. The molecule has 0 aliphatic carbocycles. The molecule has 8 nitrogen and oxygen atoms in total. The first-order chi connectivity index (χ1) is 13.0. The average molecular weight is 434 g/mol. The Morgan fingerprint density at radius 2 is 2.22 bits per heavy atom. The van der Waals surface area contributed by atoms with Crippen LogP contribution in [-0.4, -0.2) is 39.7 Å². The molecule has 0 unspecified atom stereocenters. The smallest absolute Gasteiger partial charge is 0.265 e. The van der Waals surface area contributed by atoms with E-state index in [1.54, 1.807) is 12.1 Å². The summed E-state index contributed by atoms with van der Waals surface area (Å²) in [5.41, 5.74) is 0.595. The Labute approximate surface area is 165 Å². The van der Waals surface area contributed by atoms with Crippen LogP contribution in [0.5, 0.6) is 5.75 Å². The number of aromatic nitrogens is 3. The summed E-state index contributed by atoms with van der Waals surface area (Å²) in [4.78, 5) is 26.3. The molecule has 9 heteroatoms. The molecule has 3 heterocycles. The van der Waals surface area contributed by atoms with E-state index in [-0.39, 0.29) is 31.0 Å². The lowest BCUT2D eigenvalue weighted by Gasteiger charge is -2.29. The van der Waals surface area contributed by atoms with E-state index in [1.165, 1.54) is 4.90 Å². The lowest BCUT2D eigenvalue weighted by Crippen LogP contribution is -2.45. The summed E-state index contributed by atoms with van der Waals surface area (Å²) in [5.74, 6) is 1.82. The Balaban J connectivity index is 1.47. The molecule has 27 heavy (non-hydrogen) atoms. The van der Waals surface area contributed by atoms with Crippen molar-refractivity contribution in [2.24, 2.45) is 0 Å². The normalized spacial score (nSPS) is 17.0. The number of rotatable bonds is 4. The first-order valence-corrected chi connectivity index (χ1v) is 9.76. The number of fused-ring (bicyclic) bond motifs is 2. The van der Waals surface area contributed by atoms with Crippen LogP contribution in [0.15, 0.2) is 22.7 Å². The molecular weight excluding hydrogens is 414 g/mol. The van der Waals surface area contributed by atoms with Crippen molar-refractivity contribution >= 4 is 33.4 Å². The molecule has 1 N–H and O–H groups in total. The largest absolute Gasteiger partial charge is 0.482 e. The highest BCUT2D eigenvalue weighted by Gasteiger charge is 2.28. The second kappa shape index (κ2) is 7.30. The van der Waals surface area contributed by atoms with Crippen molar-refractivity contribution in [1.82, 2.24) is 20.1 Å². The van der Waals surface area contributed by atoms with E-state index >= 15 is 0 Å². The van der Waals surface area contributed by atoms with Crippen LogP contribution in [0.1, 0.15) is 37.5 Å². The van der Waals surface area contributed by atoms with Crippen molar-refractivity contribution in [2.75, 3.05) is 18.1 Å². The van der Waals surface area contributed by atoms with E-state index in [2.05, 4.69) is 36.0 Å². The van der Waals surface area contributed by atoms with Crippen molar-refractivity contribution in [3.8, 4) is 5.75 Å². The highest BCUT2D eigenvalue weighted by Crippen LogP contribution is 2.34. The van der Waals surface area contributed by atoms with Gasteiger partial charge in [0, 0.05) is 17.4 Å². The van der Waals surface area contributed by atoms with Crippen molar-refractivity contribution < 1.29 is 14.3 Å². The van der Waals surface area contributed by atoms with Gasteiger partial charge >= 0.3 is 0 Å². The molecular formula is C18H20BrN5O3. The Hall–Kier alpha value is -2.42. The summed E-state index contributed by atoms with van der Waals surface area (Å²) in [7, 11) is 0. The quantitative estimate of drug-likeness (QED) is 0.795. The molecule has 2 aromatic rings. The summed E-state index contributed by atoms with van der Waals surface area (Å²) in [6.07, 6.45) is 3.13. The number of amides is 2. The minimum atomic E-state index is -0.280. The molecule has 1 aromatic carbocycles. The number of nitrogens with zero attached hydrogens (tertiary/aromatic N) is 4. The topological polar surface area (TPSA) is 89.3 Å². The molecule has 2 aliphatic heterocycles. The summed E-state index contributed by atoms with van der Waals surface area (Å²) >= 11 is 3.38. The van der Waals surface area contributed by atoms with Crippen LogP contribution >= 0.6 is 15.9 Å². The van der Waals surface area contributed by atoms with Gasteiger partial charge in [0.05, 0.1) is 11.7 Å².